The van der Waals surface area contributed by atoms with Crippen LogP contribution in [0, 0.1) is 23.7 Å². The Bertz CT molecular complexity index is 1690. The van der Waals surface area contributed by atoms with Crippen molar-refractivity contribution in [3.8, 4) is 0 Å². The molecule has 0 saturated carbocycles. The highest BCUT2D eigenvalue weighted by Gasteiger charge is 2.58. The smallest absolute Gasteiger partial charge is 0.311 e. The quantitative estimate of drug-likeness (QED) is 0.215. The number of aliphatic imine (C=N–C) groups is 1. The Morgan fingerprint density at radius 3 is 2.37 bits per heavy atom. The highest BCUT2D eigenvalue weighted by Crippen LogP contribution is 2.49. The summed E-state index contributed by atoms with van der Waals surface area (Å²) < 4.78 is 46.9. The predicted molar refractivity (Wildman–Crippen MR) is 228 cm³/mol. The molecule has 4 fully saturated rings. The van der Waals surface area contributed by atoms with Crippen LogP contribution in [0.25, 0.3) is 0 Å². The minimum absolute atomic E-state index is 0.0535. The van der Waals surface area contributed by atoms with E-state index in [4.69, 9.17) is 38.2 Å². The van der Waals surface area contributed by atoms with Crippen molar-refractivity contribution >= 4 is 23.1 Å². The molecule has 0 spiro atoms. The van der Waals surface area contributed by atoms with E-state index in [-0.39, 0.29) is 43.1 Å². The topological polar surface area (TPSA) is 161 Å². The molecule has 0 amide bonds. The fraction of sp³-hybridized carbons (Fsp3) is 0.783. The molecule has 18 atom stereocenters. The van der Waals surface area contributed by atoms with E-state index < -0.39 is 83.8 Å². The van der Waals surface area contributed by atoms with Crippen LogP contribution in [-0.4, -0.2) is 144 Å². The summed E-state index contributed by atoms with van der Waals surface area (Å²) in [6.45, 7) is 23.8. The third-order valence-corrected chi connectivity index (χ3v) is 14.2. The Hall–Kier alpha value is -2.50. The van der Waals surface area contributed by atoms with E-state index in [0.29, 0.717) is 26.0 Å². The van der Waals surface area contributed by atoms with Crippen molar-refractivity contribution < 1.29 is 53.3 Å². The fourth-order valence-electron chi connectivity index (χ4n) is 11.0. The molecule has 2 bridgehead atoms. The van der Waals surface area contributed by atoms with Gasteiger partial charge in [-0.2, -0.15) is 0 Å². The van der Waals surface area contributed by atoms with Crippen molar-refractivity contribution in [3.63, 3.8) is 0 Å². The molecule has 4 saturated heterocycles. The first-order chi connectivity index (χ1) is 28.2. The van der Waals surface area contributed by atoms with Gasteiger partial charge in [0.25, 0.3) is 0 Å². The van der Waals surface area contributed by atoms with Crippen molar-refractivity contribution in [2.24, 2.45) is 28.7 Å². The van der Waals surface area contributed by atoms with Crippen LogP contribution < -0.4 is 4.90 Å². The number of ether oxygens (including phenoxy) is 7. The number of hydrogen-bond acceptors (Lipinski definition) is 14. The van der Waals surface area contributed by atoms with Crippen molar-refractivity contribution in [2.75, 3.05) is 32.3 Å². The molecule has 0 radical (unpaired) electrons. The number of carbonyl (C=O) groups excluding carboxylic acids is 1. The molecule has 5 aliphatic heterocycles. The summed E-state index contributed by atoms with van der Waals surface area (Å²) in [6, 6.07) is 7.58. The van der Waals surface area contributed by atoms with E-state index in [1.807, 2.05) is 71.8 Å². The van der Waals surface area contributed by atoms with Crippen LogP contribution in [0.5, 0.6) is 0 Å². The van der Waals surface area contributed by atoms with Gasteiger partial charge in [0.2, 0.25) is 0 Å². The van der Waals surface area contributed by atoms with Crippen molar-refractivity contribution in [1.29, 1.82) is 0 Å². The molecule has 5 aliphatic rings. The van der Waals surface area contributed by atoms with Gasteiger partial charge < -0.3 is 58.3 Å². The summed E-state index contributed by atoms with van der Waals surface area (Å²) in [4.78, 5) is 24.5. The Balaban J connectivity index is 1.53. The van der Waals surface area contributed by atoms with Crippen molar-refractivity contribution in [2.45, 2.75) is 179 Å². The summed E-state index contributed by atoms with van der Waals surface area (Å²) >= 11 is 0. The first-order valence-electron chi connectivity index (χ1n) is 22.1. The largest absolute Gasteiger partial charge is 0.459 e. The molecule has 3 N–H and O–H groups in total. The standard InChI is InChI=1S/C46H73N3O11/c1-14-20-54-45(10)22-25(3)36-27(5)39-46(11,55-24-49(39)32-19-17-16-18-31(32)47-36)34(15-2)58-42(52)29(7)38(59-35-23-44(9,53)40(51)30(8)57-35)28(6)41(45)60-43-37(50)33(48(12)13)21-26(4)56-43/h14,16-19,25-30,33-35,37-41,43,50-51,53H,1,15,20-24H2,2-13H3/t25-,26-,27+,28+,29-,30+,33+,34-,35+,37-,38+,39-,40+,41-,43+,44-,45+,46-/m1/s1. The average Bonchev–Trinajstić information content (AvgIpc) is 3.48. The molecule has 60 heavy (non-hydrogen) atoms. The van der Waals surface area contributed by atoms with Gasteiger partial charge in [-0.1, -0.05) is 45.9 Å². The van der Waals surface area contributed by atoms with Gasteiger partial charge >= 0.3 is 5.97 Å². The zero-order valence-corrected chi connectivity index (χ0v) is 37.9. The third kappa shape index (κ3) is 8.98. The number of benzene rings is 1. The van der Waals surface area contributed by atoms with E-state index in [2.05, 4.69) is 31.4 Å². The summed E-state index contributed by atoms with van der Waals surface area (Å²) in [5, 5.41) is 34.0. The lowest BCUT2D eigenvalue weighted by atomic mass is 9.72. The van der Waals surface area contributed by atoms with E-state index in [1.54, 1.807) is 26.8 Å². The number of nitrogens with zero attached hydrogens (tertiary/aromatic N) is 3. The molecule has 1 aromatic rings. The number of likely N-dealkylation sites (N-methyl/N-ethyl adjacent to an activating group) is 1. The Labute approximate surface area is 357 Å². The van der Waals surface area contributed by atoms with Gasteiger partial charge in [-0.15, -0.1) is 6.58 Å². The molecule has 6 rings (SSSR count). The summed E-state index contributed by atoms with van der Waals surface area (Å²) in [6.07, 6.45) is -4.54. The number of aliphatic hydroxyl groups excluding tert-OH is 2. The van der Waals surface area contributed by atoms with Crippen LogP contribution in [0.4, 0.5) is 11.4 Å². The lowest BCUT2D eigenvalue weighted by Crippen LogP contribution is -2.61. The first-order valence-corrected chi connectivity index (χ1v) is 22.1. The Morgan fingerprint density at radius 1 is 1.02 bits per heavy atom. The van der Waals surface area contributed by atoms with Gasteiger partial charge in [0.15, 0.2) is 12.6 Å². The first kappa shape index (κ1) is 47.0. The predicted octanol–water partition coefficient (Wildman–Crippen LogP) is 5.37. The zero-order chi connectivity index (χ0) is 44.1. The van der Waals surface area contributed by atoms with E-state index in [0.717, 1.165) is 17.1 Å². The van der Waals surface area contributed by atoms with E-state index in [9.17, 15) is 20.1 Å². The highest BCUT2D eigenvalue weighted by atomic mass is 16.7. The lowest BCUT2D eigenvalue weighted by molar-refractivity contribution is -0.318. The number of esters is 1. The van der Waals surface area contributed by atoms with Crippen LogP contribution >= 0.6 is 0 Å². The monoisotopic (exact) mass is 844 g/mol. The number of fused-ring (bicyclic) bond motifs is 3. The number of rotatable bonds is 9. The lowest BCUT2D eigenvalue weighted by Gasteiger charge is -2.50. The summed E-state index contributed by atoms with van der Waals surface area (Å²) in [5.41, 5.74) is -0.849. The van der Waals surface area contributed by atoms with Gasteiger partial charge in [0, 0.05) is 30.0 Å². The fourth-order valence-corrected chi connectivity index (χ4v) is 11.0. The maximum Gasteiger partial charge on any atom is 0.311 e. The normalized spacial score (nSPS) is 45.3. The number of anilines is 1. The van der Waals surface area contributed by atoms with Crippen LogP contribution in [0.15, 0.2) is 41.9 Å². The summed E-state index contributed by atoms with van der Waals surface area (Å²) in [5.74, 6) is -2.39. The highest BCUT2D eigenvalue weighted by molar-refractivity contribution is 5.95. The van der Waals surface area contributed by atoms with Gasteiger partial charge in [0.1, 0.15) is 30.6 Å². The number of aliphatic hydroxyl groups is 3. The molecule has 0 unspecified atom stereocenters. The molecule has 338 valence electrons. The van der Waals surface area contributed by atoms with Gasteiger partial charge in [-0.05, 0) is 93.0 Å². The molecule has 5 heterocycles. The van der Waals surface area contributed by atoms with Crippen LogP contribution in [0.2, 0.25) is 0 Å². The molecule has 14 nitrogen and oxygen atoms in total. The number of carbonyl (C=O) groups is 1. The second-order valence-corrected chi connectivity index (χ2v) is 19.2. The van der Waals surface area contributed by atoms with Crippen LogP contribution in [0.1, 0.15) is 94.9 Å². The van der Waals surface area contributed by atoms with E-state index in [1.165, 1.54) is 0 Å². The zero-order valence-electron chi connectivity index (χ0n) is 37.9. The third-order valence-electron chi connectivity index (χ3n) is 14.2. The van der Waals surface area contributed by atoms with E-state index >= 15 is 0 Å². The van der Waals surface area contributed by atoms with Gasteiger partial charge in [0.05, 0.1) is 65.6 Å². The molecule has 14 heteroatoms. The number of hydrogen-bond donors (Lipinski definition) is 3. The van der Waals surface area contributed by atoms with Crippen molar-refractivity contribution in [3.05, 3.63) is 36.9 Å². The second-order valence-electron chi connectivity index (χ2n) is 19.2. The maximum absolute atomic E-state index is 14.8. The Kier molecular flexibility index (Phi) is 14.3. The molecule has 1 aromatic carbocycles. The van der Waals surface area contributed by atoms with Crippen LogP contribution in [-0.2, 0) is 38.0 Å². The molecule has 0 aliphatic carbocycles. The summed E-state index contributed by atoms with van der Waals surface area (Å²) in [7, 11) is 3.86. The second kappa shape index (κ2) is 18.3. The molecular formula is C46H73N3O11. The number of cyclic esters (lactones) is 1. The molecular weight excluding hydrogens is 771 g/mol. The van der Waals surface area contributed by atoms with Crippen LogP contribution in [0.3, 0.4) is 0 Å². The minimum atomic E-state index is -1.53. The number of para-hydroxylation sites is 2. The maximum atomic E-state index is 14.8. The average molecular weight is 844 g/mol. The SMILES string of the molecule is C=CCO[C@@]1(C)C[C@@H](C)C2=Nc3ccccc3N3CO[C@](C)([C@@H](CC)OC(=O)[C@H](C)[C@@H](O[C@H]4C[C@@](C)(O)[C@@H](O)[C@H](C)O4)[C@H](C)[C@H]1O[C@@H]1O[C@H](C)C[C@H](N(C)C)[C@H]1O)[C@H]3[C@H]2C. The molecule has 0 aromatic heterocycles. The Morgan fingerprint density at radius 2 is 1.72 bits per heavy atom. The minimum Gasteiger partial charge on any atom is -0.459 e. The van der Waals surface area contributed by atoms with Gasteiger partial charge in [-0.25, -0.2) is 0 Å². The van der Waals surface area contributed by atoms with Crippen molar-refractivity contribution in [1.82, 2.24) is 4.90 Å². The van der Waals surface area contributed by atoms with Gasteiger partial charge in [-0.3, -0.25) is 9.79 Å².